The van der Waals surface area contributed by atoms with Crippen molar-refractivity contribution in [3.8, 4) is 17.2 Å². The summed E-state index contributed by atoms with van der Waals surface area (Å²) in [5.41, 5.74) is 4.24. The maximum atomic E-state index is 6.44. The molecule has 0 unspecified atom stereocenters. The van der Waals surface area contributed by atoms with Crippen molar-refractivity contribution in [3.63, 3.8) is 0 Å². The molecule has 3 aromatic carbocycles. The summed E-state index contributed by atoms with van der Waals surface area (Å²) in [6.45, 7) is 0. The van der Waals surface area contributed by atoms with Crippen LogP contribution in [0.4, 0.5) is 0 Å². The molecule has 0 N–H and O–H groups in total. The van der Waals surface area contributed by atoms with E-state index < -0.39 is 6.23 Å². The zero-order chi connectivity index (χ0) is 19.8. The summed E-state index contributed by atoms with van der Waals surface area (Å²) in [5, 5.41) is 7.05. The van der Waals surface area contributed by atoms with E-state index >= 15 is 0 Å². The quantitative estimate of drug-likeness (QED) is 0.637. The number of hydrogen-bond acceptors (Lipinski definition) is 5. The summed E-state index contributed by atoms with van der Waals surface area (Å²) in [5.74, 6) is 2.39. The Morgan fingerprint density at radius 1 is 0.897 bits per heavy atom. The van der Waals surface area contributed by atoms with Crippen LogP contribution in [0.25, 0.3) is 0 Å². The molecule has 0 aliphatic carbocycles. The van der Waals surface area contributed by atoms with E-state index in [0.717, 1.165) is 46.1 Å². The second kappa shape index (κ2) is 7.17. The number of fused-ring (bicyclic) bond motifs is 3. The van der Waals surface area contributed by atoms with Crippen molar-refractivity contribution in [2.75, 3.05) is 14.2 Å². The van der Waals surface area contributed by atoms with Gasteiger partial charge >= 0.3 is 0 Å². The second-order valence-electron chi connectivity index (χ2n) is 7.13. The fraction of sp³-hybridized carbons (Fsp3) is 0.208. The third-order valence-electron chi connectivity index (χ3n) is 5.51. The summed E-state index contributed by atoms with van der Waals surface area (Å²) in [7, 11) is 3.33. The lowest BCUT2D eigenvalue weighted by molar-refractivity contribution is -0.0204. The van der Waals surface area contributed by atoms with Gasteiger partial charge in [-0.2, -0.15) is 5.10 Å². The van der Waals surface area contributed by atoms with Gasteiger partial charge in [-0.15, -0.1) is 0 Å². The highest BCUT2D eigenvalue weighted by Crippen LogP contribution is 2.49. The second-order valence-corrected chi connectivity index (χ2v) is 7.13. The van der Waals surface area contributed by atoms with Gasteiger partial charge in [0.15, 0.2) is 0 Å². The van der Waals surface area contributed by atoms with Crippen LogP contribution in [-0.2, 0) is 0 Å². The van der Waals surface area contributed by atoms with Crippen molar-refractivity contribution < 1.29 is 14.2 Å². The van der Waals surface area contributed by atoms with E-state index in [1.54, 1.807) is 14.2 Å². The summed E-state index contributed by atoms with van der Waals surface area (Å²) in [6.07, 6.45) is 0.425. The summed E-state index contributed by atoms with van der Waals surface area (Å²) < 4.78 is 17.5. The molecule has 0 saturated carbocycles. The molecule has 0 amide bonds. The van der Waals surface area contributed by atoms with Gasteiger partial charge in [0.2, 0.25) is 6.23 Å². The molecule has 29 heavy (non-hydrogen) atoms. The molecule has 0 spiro atoms. The number of ether oxygens (including phenoxy) is 3. The number of hydrazone groups is 1. The Bertz CT molecular complexity index is 1060. The Morgan fingerprint density at radius 2 is 1.69 bits per heavy atom. The minimum absolute atomic E-state index is 0.107. The molecule has 0 fully saturated rings. The topological polar surface area (TPSA) is 43.3 Å². The van der Waals surface area contributed by atoms with Crippen LogP contribution in [0.15, 0.2) is 77.9 Å². The van der Waals surface area contributed by atoms with E-state index in [4.69, 9.17) is 19.3 Å². The number of hydrogen-bond donors (Lipinski definition) is 0. The fourth-order valence-electron chi connectivity index (χ4n) is 4.08. The van der Waals surface area contributed by atoms with Crippen molar-refractivity contribution in [2.24, 2.45) is 5.10 Å². The molecule has 0 saturated heterocycles. The largest absolute Gasteiger partial charge is 0.497 e. The van der Waals surface area contributed by atoms with Crippen LogP contribution in [-0.4, -0.2) is 24.9 Å². The number of rotatable bonds is 4. The van der Waals surface area contributed by atoms with Gasteiger partial charge in [-0.3, -0.25) is 0 Å². The van der Waals surface area contributed by atoms with Crippen LogP contribution in [0.5, 0.6) is 17.2 Å². The molecule has 0 bridgehead atoms. The van der Waals surface area contributed by atoms with Gasteiger partial charge in [0.25, 0.3) is 0 Å². The van der Waals surface area contributed by atoms with Gasteiger partial charge in [0.1, 0.15) is 17.2 Å². The lowest BCUT2D eigenvalue weighted by Gasteiger charge is -2.38. The van der Waals surface area contributed by atoms with E-state index in [1.165, 1.54) is 0 Å². The Morgan fingerprint density at radius 3 is 2.48 bits per heavy atom. The average molecular weight is 386 g/mol. The molecule has 2 heterocycles. The van der Waals surface area contributed by atoms with E-state index in [9.17, 15) is 0 Å². The molecule has 0 radical (unpaired) electrons. The molecule has 2 aliphatic heterocycles. The molecule has 5 nitrogen and oxygen atoms in total. The first-order valence-corrected chi connectivity index (χ1v) is 9.67. The Balaban J connectivity index is 1.63. The Hall–Kier alpha value is -3.47. The smallest absolute Gasteiger partial charge is 0.217 e. The number of para-hydroxylation sites is 1. The van der Waals surface area contributed by atoms with Gasteiger partial charge in [0.05, 0.1) is 31.5 Å². The molecular weight excluding hydrogens is 364 g/mol. The van der Waals surface area contributed by atoms with Crippen molar-refractivity contribution in [1.82, 2.24) is 5.01 Å². The monoisotopic (exact) mass is 386 g/mol. The van der Waals surface area contributed by atoms with E-state index in [0.29, 0.717) is 0 Å². The van der Waals surface area contributed by atoms with Crippen molar-refractivity contribution >= 4 is 5.71 Å². The van der Waals surface area contributed by atoms with Crippen molar-refractivity contribution in [1.29, 1.82) is 0 Å². The Kier molecular flexibility index (Phi) is 4.35. The third-order valence-corrected chi connectivity index (χ3v) is 5.51. The van der Waals surface area contributed by atoms with E-state index in [2.05, 4.69) is 23.2 Å². The molecule has 2 aliphatic rings. The van der Waals surface area contributed by atoms with Gasteiger partial charge < -0.3 is 14.2 Å². The van der Waals surface area contributed by atoms with Gasteiger partial charge in [0, 0.05) is 12.0 Å². The minimum atomic E-state index is -0.402. The molecular formula is C24H22N2O3. The summed E-state index contributed by atoms with van der Waals surface area (Å²) in [6, 6.07) is 24.4. The first-order chi connectivity index (χ1) is 14.3. The van der Waals surface area contributed by atoms with Gasteiger partial charge in [-0.1, -0.05) is 48.5 Å². The maximum Gasteiger partial charge on any atom is 0.217 e. The molecule has 0 aromatic heterocycles. The molecule has 5 heteroatoms. The number of methoxy groups -OCH3 is 2. The third kappa shape index (κ3) is 2.99. The molecule has 146 valence electrons. The van der Waals surface area contributed by atoms with Gasteiger partial charge in [-0.25, -0.2) is 5.01 Å². The van der Waals surface area contributed by atoms with Crippen LogP contribution < -0.4 is 14.2 Å². The maximum absolute atomic E-state index is 6.44. The lowest BCUT2D eigenvalue weighted by Crippen LogP contribution is -2.33. The normalized spacial score (nSPS) is 19.7. The van der Waals surface area contributed by atoms with Crippen LogP contribution in [0.2, 0.25) is 0 Å². The van der Waals surface area contributed by atoms with Crippen molar-refractivity contribution in [2.45, 2.75) is 18.7 Å². The predicted octanol–water partition coefficient (Wildman–Crippen LogP) is 4.95. The molecule has 5 rings (SSSR count). The molecule has 2 atom stereocenters. The van der Waals surface area contributed by atoms with Crippen LogP contribution in [0.3, 0.4) is 0 Å². The highest BCUT2D eigenvalue weighted by Gasteiger charge is 2.41. The highest BCUT2D eigenvalue weighted by atomic mass is 16.5. The number of benzene rings is 3. The zero-order valence-electron chi connectivity index (χ0n) is 16.4. The van der Waals surface area contributed by atoms with Crippen LogP contribution in [0.1, 0.15) is 35.4 Å². The van der Waals surface area contributed by atoms with Crippen LogP contribution >= 0.6 is 0 Å². The zero-order valence-corrected chi connectivity index (χ0v) is 16.4. The number of nitrogens with zero attached hydrogens (tertiary/aromatic N) is 2. The predicted molar refractivity (Wildman–Crippen MR) is 112 cm³/mol. The average Bonchev–Trinajstić information content (AvgIpc) is 3.24. The minimum Gasteiger partial charge on any atom is -0.497 e. The fourth-order valence-corrected chi connectivity index (χ4v) is 4.08. The first kappa shape index (κ1) is 17.6. The molecule has 3 aromatic rings. The van der Waals surface area contributed by atoms with E-state index in [-0.39, 0.29) is 6.04 Å². The van der Waals surface area contributed by atoms with E-state index in [1.807, 2.05) is 54.6 Å². The SMILES string of the molecule is COc1ccc(OC)c([C@@H]2Oc3ccccc3[C@H]3CC(c4ccccc4)=NN32)c1. The Labute approximate surface area is 170 Å². The van der Waals surface area contributed by atoms with Gasteiger partial charge in [-0.05, 0) is 29.8 Å². The standard InChI is InChI=1S/C24H22N2O3/c1-27-17-12-13-22(28-2)19(14-17)24-26-21(18-10-6-7-11-23(18)29-24)15-20(25-26)16-8-4-3-5-9-16/h3-14,21,24H,15H2,1-2H3/t21-,24+/m1/s1. The highest BCUT2D eigenvalue weighted by molar-refractivity contribution is 6.01. The first-order valence-electron chi connectivity index (χ1n) is 9.67. The summed E-state index contributed by atoms with van der Waals surface area (Å²) in [4.78, 5) is 0. The summed E-state index contributed by atoms with van der Waals surface area (Å²) >= 11 is 0. The van der Waals surface area contributed by atoms with Crippen molar-refractivity contribution in [3.05, 3.63) is 89.5 Å². The lowest BCUT2D eigenvalue weighted by atomic mass is 9.96. The van der Waals surface area contributed by atoms with Crippen LogP contribution in [0, 0.1) is 0 Å².